The number of fused-ring (bicyclic) bond motifs is 1. The van der Waals surface area contributed by atoms with Crippen LogP contribution in [0.25, 0.3) is 10.8 Å². The van der Waals surface area contributed by atoms with Gasteiger partial charge in [0.05, 0.1) is 12.1 Å². The third-order valence-corrected chi connectivity index (χ3v) is 6.35. The number of aromatic hydroxyl groups is 2. The van der Waals surface area contributed by atoms with Crippen molar-refractivity contribution in [3.05, 3.63) is 70.7 Å². The van der Waals surface area contributed by atoms with Crippen LogP contribution in [0.15, 0.2) is 75.8 Å². The summed E-state index contributed by atoms with van der Waals surface area (Å²) >= 11 is 11.8. The Morgan fingerprint density at radius 1 is 0.886 bits per heavy atom. The second-order valence-electron chi connectivity index (χ2n) is 7.29. The first-order valence-electron chi connectivity index (χ1n) is 9.85. The lowest BCUT2D eigenvalue weighted by Gasteiger charge is -2.12. The van der Waals surface area contributed by atoms with E-state index >= 15 is 0 Å². The Morgan fingerprint density at radius 2 is 1.57 bits per heavy atom. The average Bonchev–Trinajstić information content (AvgIpc) is 2.81. The molecule has 0 atom stereocenters. The molecule has 0 aliphatic heterocycles. The molecule has 180 valence electrons. The van der Waals surface area contributed by atoms with Crippen LogP contribution in [0.3, 0.4) is 0 Å². The molecule has 35 heavy (non-hydrogen) atoms. The lowest BCUT2D eigenvalue weighted by atomic mass is 10.1. The van der Waals surface area contributed by atoms with Crippen LogP contribution < -0.4 is 10.1 Å². The highest BCUT2D eigenvalue weighted by atomic mass is 35.5. The Labute approximate surface area is 210 Å². The molecule has 0 saturated heterocycles. The van der Waals surface area contributed by atoms with E-state index in [2.05, 4.69) is 15.5 Å². The first-order valence-corrected chi connectivity index (χ1v) is 12.0. The Kier molecular flexibility index (Phi) is 6.73. The summed E-state index contributed by atoms with van der Waals surface area (Å²) in [5, 5.41) is 32.2. The number of rotatable bonds is 6. The maximum atomic E-state index is 12.1. The van der Waals surface area contributed by atoms with Crippen LogP contribution in [0.2, 0.25) is 10.0 Å². The van der Waals surface area contributed by atoms with Crippen molar-refractivity contribution >= 4 is 66.8 Å². The molecule has 0 saturated carbocycles. The monoisotopic (exact) mass is 533 g/mol. The lowest BCUT2D eigenvalue weighted by molar-refractivity contribution is 0.415. The van der Waals surface area contributed by atoms with Crippen molar-refractivity contribution in [1.82, 2.24) is 0 Å². The zero-order chi connectivity index (χ0) is 25.3. The fourth-order valence-corrected chi connectivity index (χ4v) is 4.44. The molecule has 0 spiro atoms. The molecule has 0 fully saturated rings. The first-order chi connectivity index (χ1) is 16.6. The van der Waals surface area contributed by atoms with Crippen molar-refractivity contribution in [3.8, 4) is 17.2 Å². The van der Waals surface area contributed by atoms with Crippen molar-refractivity contribution in [2.45, 2.75) is 4.90 Å². The second-order valence-corrected chi connectivity index (χ2v) is 9.53. The predicted molar refractivity (Wildman–Crippen MR) is 134 cm³/mol. The molecule has 4 rings (SSSR count). The minimum atomic E-state index is -4.82. The molecule has 0 aliphatic carbocycles. The number of nitrogens with zero attached hydrogens (tertiary/aromatic N) is 2. The number of anilines is 2. The molecular weight excluding hydrogens is 517 g/mol. The van der Waals surface area contributed by atoms with E-state index in [1.165, 1.54) is 12.1 Å². The van der Waals surface area contributed by atoms with Crippen molar-refractivity contribution in [3.63, 3.8) is 0 Å². The van der Waals surface area contributed by atoms with E-state index in [0.29, 0.717) is 16.8 Å². The van der Waals surface area contributed by atoms with Crippen molar-refractivity contribution in [1.29, 1.82) is 0 Å². The van der Waals surface area contributed by atoms with Gasteiger partial charge in [-0.3, -0.25) is 4.55 Å². The number of ether oxygens (including phenoxy) is 1. The number of halogens is 2. The summed E-state index contributed by atoms with van der Waals surface area (Å²) in [6.07, 6.45) is 0. The van der Waals surface area contributed by atoms with E-state index in [9.17, 15) is 23.2 Å². The molecule has 0 bridgehead atoms. The molecule has 0 heterocycles. The zero-order valence-corrected chi connectivity index (χ0v) is 20.2. The van der Waals surface area contributed by atoms with E-state index in [1.807, 2.05) is 0 Å². The molecular formula is C23H17Cl2N3O6S. The number of hydrogen-bond donors (Lipinski definition) is 4. The van der Waals surface area contributed by atoms with Gasteiger partial charge in [-0.25, -0.2) is 0 Å². The topological polar surface area (TPSA) is 141 Å². The largest absolute Gasteiger partial charge is 0.505 e. The quantitative estimate of drug-likeness (QED) is 0.155. The van der Waals surface area contributed by atoms with Gasteiger partial charge in [0.1, 0.15) is 22.0 Å². The van der Waals surface area contributed by atoms with Crippen LogP contribution in [0, 0.1) is 0 Å². The van der Waals surface area contributed by atoms with Crippen LogP contribution in [-0.2, 0) is 10.1 Å². The maximum absolute atomic E-state index is 12.1. The highest BCUT2D eigenvalue weighted by molar-refractivity contribution is 7.86. The van der Waals surface area contributed by atoms with Gasteiger partial charge in [0, 0.05) is 21.8 Å². The van der Waals surface area contributed by atoms with E-state index in [-0.39, 0.29) is 21.1 Å². The van der Waals surface area contributed by atoms with Crippen LogP contribution in [0.1, 0.15) is 0 Å². The molecule has 9 nitrogen and oxygen atoms in total. The van der Waals surface area contributed by atoms with Gasteiger partial charge in [-0.05, 0) is 66.0 Å². The molecule has 4 N–H and O–H groups in total. The Bertz CT molecular complexity index is 1580. The molecule has 0 aliphatic rings. The first kappa shape index (κ1) is 24.6. The zero-order valence-electron chi connectivity index (χ0n) is 17.9. The number of phenolic OH excluding ortho intramolecular Hbond substituents is 2. The highest BCUT2D eigenvalue weighted by Gasteiger charge is 2.22. The Morgan fingerprint density at radius 3 is 2.23 bits per heavy atom. The molecule has 0 radical (unpaired) electrons. The van der Waals surface area contributed by atoms with Gasteiger partial charge in [-0.2, -0.15) is 8.42 Å². The minimum absolute atomic E-state index is 0.0962. The van der Waals surface area contributed by atoms with Gasteiger partial charge >= 0.3 is 0 Å². The maximum Gasteiger partial charge on any atom is 0.296 e. The summed E-state index contributed by atoms with van der Waals surface area (Å²) in [6.45, 7) is 0. The average molecular weight is 534 g/mol. The normalized spacial score (nSPS) is 11.8. The minimum Gasteiger partial charge on any atom is -0.505 e. The van der Waals surface area contributed by atoms with Gasteiger partial charge in [0.15, 0.2) is 11.5 Å². The lowest BCUT2D eigenvalue weighted by Crippen LogP contribution is -1.99. The third kappa shape index (κ3) is 5.25. The van der Waals surface area contributed by atoms with Crippen molar-refractivity contribution in [2.24, 2.45) is 10.2 Å². The summed E-state index contributed by atoms with van der Waals surface area (Å²) < 4.78 is 39.1. The highest BCUT2D eigenvalue weighted by Crippen LogP contribution is 2.44. The number of azo groups is 1. The van der Waals surface area contributed by atoms with Gasteiger partial charge in [-0.1, -0.05) is 23.2 Å². The summed E-state index contributed by atoms with van der Waals surface area (Å²) in [6, 6.07) is 15.6. The van der Waals surface area contributed by atoms with Crippen LogP contribution in [0.5, 0.6) is 17.2 Å². The standard InChI is InChI=1S/C23H17Cl2N3O6S/c1-34-16-5-2-14(3-6-16)26-15-4-7-17-12(8-15)9-20(35(31,32)33)21(22(17)29)28-27-19-11-13(24)10-18(25)23(19)30/h2-11,26,29-30H,1H3,(H,31,32,33). The SMILES string of the molecule is COc1ccc(Nc2ccc3c(O)c(N=Nc4cc(Cl)cc(Cl)c4O)c(S(=O)(=O)O)cc3c2)cc1. The molecule has 0 amide bonds. The number of hydrogen-bond acceptors (Lipinski definition) is 8. The van der Waals surface area contributed by atoms with Gasteiger partial charge in [0.25, 0.3) is 10.1 Å². The Balaban J connectivity index is 1.80. The van der Waals surface area contributed by atoms with E-state index in [0.717, 1.165) is 11.8 Å². The summed E-state index contributed by atoms with van der Waals surface area (Å²) in [5.41, 5.74) is 0.652. The third-order valence-electron chi connectivity index (χ3n) is 4.97. The fraction of sp³-hybridized carbons (Fsp3) is 0.0435. The summed E-state index contributed by atoms with van der Waals surface area (Å²) in [4.78, 5) is -0.680. The van der Waals surface area contributed by atoms with Crippen LogP contribution >= 0.6 is 23.2 Å². The molecule has 0 aromatic heterocycles. The fourth-order valence-electron chi connectivity index (χ4n) is 3.30. The van der Waals surface area contributed by atoms with E-state index < -0.39 is 32.2 Å². The van der Waals surface area contributed by atoms with Gasteiger partial charge in [-0.15, -0.1) is 10.2 Å². The van der Waals surface area contributed by atoms with Crippen molar-refractivity contribution in [2.75, 3.05) is 12.4 Å². The summed E-state index contributed by atoms with van der Waals surface area (Å²) in [5.74, 6) is -0.294. The molecule has 0 unspecified atom stereocenters. The van der Waals surface area contributed by atoms with Gasteiger partial charge in [0.2, 0.25) is 0 Å². The number of phenols is 2. The molecule has 4 aromatic carbocycles. The Hall–Kier alpha value is -3.57. The van der Waals surface area contributed by atoms with Gasteiger partial charge < -0.3 is 20.3 Å². The molecule has 12 heteroatoms. The van der Waals surface area contributed by atoms with Crippen LogP contribution in [0.4, 0.5) is 22.7 Å². The van der Waals surface area contributed by atoms with E-state index in [4.69, 9.17) is 27.9 Å². The predicted octanol–water partition coefficient (Wildman–Crippen LogP) is 6.97. The summed E-state index contributed by atoms with van der Waals surface area (Å²) in [7, 11) is -3.26. The molecule has 4 aromatic rings. The van der Waals surface area contributed by atoms with Crippen molar-refractivity contribution < 1.29 is 27.9 Å². The van der Waals surface area contributed by atoms with E-state index in [1.54, 1.807) is 49.6 Å². The second kappa shape index (κ2) is 9.59. The number of methoxy groups -OCH3 is 1. The number of benzene rings is 4. The van der Waals surface area contributed by atoms with Crippen LogP contribution in [-0.4, -0.2) is 30.3 Å². The smallest absolute Gasteiger partial charge is 0.296 e. The number of nitrogens with one attached hydrogen (secondary N) is 1.